The SMILES string of the molecule is COc1ccc(N(c2ccc(OCCOc3ccc(N(c4ccc(OC)cc4C)c4ccc(OC)cc4C)cc3)cc2)c2ccc(OC)cc2C)c(C)c1. The van der Waals surface area contributed by atoms with Gasteiger partial charge >= 0.3 is 0 Å². The molecule has 278 valence electrons. The van der Waals surface area contributed by atoms with Gasteiger partial charge in [0.05, 0.1) is 28.4 Å². The summed E-state index contributed by atoms with van der Waals surface area (Å²) < 4.78 is 34.2. The molecule has 0 radical (unpaired) electrons. The largest absolute Gasteiger partial charge is 0.497 e. The van der Waals surface area contributed by atoms with Gasteiger partial charge in [0.2, 0.25) is 0 Å². The minimum absolute atomic E-state index is 0.391. The van der Waals surface area contributed by atoms with Crippen LogP contribution in [0.1, 0.15) is 22.3 Å². The molecule has 0 heterocycles. The molecule has 0 atom stereocenters. The van der Waals surface area contributed by atoms with Crippen molar-refractivity contribution in [3.63, 3.8) is 0 Å². The summed E-state index contributed by atoms with van der Waals surface area (Å²) in [5, 5.41) is 0. The van der Waals surface area contributed by atoms with Crippen LogP contribution in [0.25, 0.3) is 0 Å². The van der Waals surface area contributed by atoms with E-state index in [0.29, 0.717) is 13.2 Å². The van der Waals surface area contributed by atoms with Gasteiger partial charge in [-0.05, 0) is 171 Å². The van der Waals surface area contributed by atoms with Gasteiger partial charge in [0.25, 0.3) is 0 Å². The molecule has 8 nitrogen and oxygen atoms in total. The Kier molecular flexibility index (Phi) is 11.8. The Morgan fingerprint density at radius 3 is 0.796 bits per heavy atom. The highest BCUT2D eigenvalue weighted by Gasteiger charge is 2.19. The number of anilines is 6. The summed E-state index contributed by atoms with van der Waals surface area (Å²) >= 11 is 0. The number of nitrogens with zero attached hydrogens (tertiary/aromatic N) is 2. The smallest absolute Gasteiger partial charge is 0.122 e. The van der Waals surface area contributed by atoms with Gasteiger partial charge in [0.1, 0.15) is 47.7 Å². The maximum atomic E-state index is 6.12. The molecule has 6 aromatic rings. The molecule has 54 heavy (non-hydrogen) atoms. The van der Waals surface area contributed by atoms with Crippen LogP contribution >= 0.6 is 0 Å². The van der Waals surface area contributed by atoms with Crippen LogP contribution in [-0.4, -0.2) is 41.7 Å². The number of ether oxygens (including phenoxy) is 6. The van der Waals surface area contributed by atoms with Gasteiger partial charge in [-0.25, -0.2) is 0 Å². The first-order valence-electron chi connectivity index (χ1n) is 17.9. The first kappa shape index (κ1) is 37.5. The molecule has 0 aromatic heterocycles. The standard InChI is InChI=1S/C46H48N2O6/c1-31-27-39(49-5)17-21-43(31)47(44-22-18-40(50-6)28-32(44)2)35-9-13-37(14-10-35)53-25-26-54-38-15-11-36(12-16-38)48(45-23-19-41(51-7)29-33(45)3)46-24-20-42(52-8)30-34(46)4/h9-24,27-30H,25-26H2,1-8H3. The van der Waals surface area contributed by atoms with E-state index in [1.54, 1.807) is 28.4 Å². The zero-order chi connectivity index (χ0) is 38.2. The predicted octanol–water partition coefficient (Wildman–Crippen LogP) is 11.4. The molecule has 8 heteroatoms. The molecule has 0 bridgehead atoms. The highest BCUT2D eigenvalue weighted by molar-refractivity contribution is 5.82. The zero-order valence-corrected chi connectivity index (χ0v) is 32.3. The highest BCUT2D eigenvalue weighted by atomic mass is 16.5. The summed E-state index contributed by atoms with van der Waals surface area (Å²) in [6.07, 6.45) is 0. The van der Waals surface area contributed by atoms with E-state index in [0.717, 1.165) is 90.9 Å². The fourth-order valence-corrected chi connectivity index (χ4v) is 6.54. The predicted molar refractivity (Wildman–Crippen MR) is 218 cm³/mol. The minimum atomic E-state index is 0.391. The van der Waals surface area contributed by atoms with Crippen molar-refractivity contribution in [1.29, 1.82) is 0 Å². The van der Waals surface area contributed by atoms with Crippen molar-refractivity contribution in [3.8, 4) is 34.5 Å². The summed E-state index contributed by atoms with van der Waals surface area (Å²) in [5.74, 6) is 4.79. The summed E-state index contributed by atoms with van der Waals surface area (Å²) in [5.41, 5.74) is 10.6. The second-order valence-corrected chi connectivity index (χ2v) is 13.0. The second-order valence-electron chi connectivity index (χ2n) is 13.0. The van der Waals surface area contributed by atoms with Crippen LogP contribution in [0.5, 0.6) is 34.5 Å². The number of hydrogen-bond donors (Lipinski definition) is 0. The quantitative estimate of drug-likeness (QED) is 0.0970. The van der Waals surface area contributed by atoms with Crippen molar-refractivity contribution in [1.82, 2.24) is 0 Å². The Morgan fingerprint density at radius 1 is 0.333 bits per heavy atom. The Balaban J connectivity index is 1.14. The number of aryl methyl sites for hydroxylation is 4. The first-order valence-corrected chi connectivity index (χ1v) is 17.9. The molecule has 6 rings (SSSR count). The van der Waals surface area contributed by atoms with Crippen LogP contribution in [0, 0.1) is 27.7 Å². The summed E-state index contributed by atoms with van der Waals surface area (Å²) in [6, 6.07) is 40.7. The molecule has 0 amide bonds. The maximum absolute atomic E-state index is 6.12. The maximum Gasteiger partial charge on any atom is 0.122 e. The van der Waals surface area contributed by atoms with Gasteiger partial charge in [0.15, 0.2) is 0 Å². The fraction of sp³-hybridized carbons (Fsp3) is 0.217. The highest BCUT2D eigenvalue weighted by Crippen LogP contribution is 2.42. The van der Waals surface area contributed by atoms with E-state index in [-0.39, 0.29) is 0 Å². The molecule has 0 unspecified atom stereocenters. The summed E-state index contributed by atoms with van der Waals surface area (Å²) in [6.45, 7) is 9.15. The Hall–Kier alpha value is -6.28. The minimum Gasteiger partial charge on any atom is -0.497 e. The lowest BCUT2D eigenvalue weighted by Crippen LogP contribution is -2.13. The lowest BCUT2D eigenvalue weighted by atomic mass is 10.1. The average molecular weight is 725 g/mol. The molecule has 0 fully saturated rings. The lowest BCUT2D eigenvalue weighted by molar-refractivity contribution is 0.217. The first-order chi connectivity index (χ1) is 26.2. The van der Waals surface area contributed by atoms with Crippen LogP contribution in [-0.2, 0) is 0 Å². The van der Waals surface area contributed by atoms with Crippen molar-refractivity contribution in [3.05, 3.63) is 144 Å². The van der Waals surface area contributed by atoms with Crippen molar-refractivity contribution >= 4 is 34.1 Å². The third kappa shape index (κ3) is 8.34. The van der Waals surface area contributed by atoms with Gasteiger partial charge in [-0.1, -0.05) is 0 Å². The third-order valence-corrected chi connectivity index (χ3v) is 9.39. The Bertz CT molecular complexity index is 1920. The Morgan fingerprint density at radius 2 is 0.574 bits per heavy atom. The average Bonchev–Trinajstić information content (AvgIpc) is 3.19. The molecule has 0 saturated carbocycles. The van der Waals surface area contributed by atoms with E-state index in [1.165, 1.54) is 0 Å². The van der Waals surface area contributed by atoms with E-state index in [2.05, 4.69) is 86.0 Å². The fourth-order valence-electron chi connectivity index (χ4n) is 6.54. The van der Waals surface area contributed by atoms with E-state index < -0.39 is 0 Å². The van der Waals surface area contributed by atoms with Crippen LogP contribution < -0.4 is 38.2 Å². The van der Waals surface area contributed by atoms with Gasteiger partial charge in [-0.3, -0.25) is 0 Å². The van der Waals surface area contributed by atoms with Gasteiger partial charge in [-0.2, -0.15) is 0 Å². The van der Waals surface area contributed by atoms with Gasteiger partial charge < -0.3 is 38.2 Å². The molecule has 0 spiro atoms. The number of rotatable bonds is 15. The van der Waals surface area contributed by atoms with Crippen molar-refractivity contribution < 1.29 is 28.4 Å². The van der Waals surface area contributed by atoms with Crippen LogP contribution in [0.3, 0.4) is 0 Å². The lowest BCUT2D eigenvalue weighted by Gasteiger charge is -2.29. The third-order valence-electron chi connectivity index (χ3n) is 9.39. The molecule has 0 aliphatic heterocycles. The molecular formula is C46H48N2O6. The van der Waals surface area contributed by atoms with E-state index in [1.807, 2.05) is 72.8 Å². The normalized spacial score (nSPS) is 10.7. The Labute approximate surface area is 319 Å². The van der Waals surface area contributed by atoms with E-state index in [9.17, 15) is 0 Å². The van der Waals surface area contributed by atoms with Crippen LogP contribution in [0.15, 0.2) is 121 Å². The molecule has 0 saturated heterocycles. The van der Waals surface area contributed by atoms with Gasteiger partial charge in [-0.15, -0.1) is 0 Å². The molecule has 6 aromatic carbocycles. The molecule has 0 N–H and O–H groups in total. The monoisotopic (exact) mass is 724 g/mol. The molecular weight excluding hydrogens is 677 g/mol. The topological polar surface area (TPSA) is 61.9 Å². The van der Waals surface area contributed by atoms with Crippen LogP contribution in [0.2, 0.25) is 0 Å². The second kappa shape index (κ2) is 17.0. The summed E-state index contributed by atoms with van der Waals surface area (Å²) in [7, 11) is 6.74. The van der Waals surface area contributed by atoms with E-state index in [4.69, 9.17) is 28.4 Å². The van der Waals surface area contributed by atoms with Crippen molar-refractivity contribution in [2.75, 3.05) is 51.5 Å². The van der Waals surface area contributed by atoms with Gasteiger partial charge in [0, 0.05) is 34.1 Å². The van der Waals surface area contributed by atoms with Crippen LogP contribution in [0.4, 0.5) is 34.1 Å². The van der Waals surface area contributed by atoms with E-state index >= 15 is 0 Å². The molecule has 0 aliphatic rings. The van der Waals surface area contributed by atoms with Crippen molar-refractivity contribution in [2.45, 2.75) is 27.7 Å². The van der Waals surface area contributed by atoms with Crippen molar-refractivity contribution in [2.24, 2.45) is 0 Å². The molecule has 0 aliphatic carbocycles. The zero-order valence-electron chi connectivity index (χ0n) is 32.3. The number of methoxy groups -OCH3 is 4. The number of hydrogen-bond acceptors (Lipinski definition) is 8. The summed E-state index contributed by atoms with van der Waals surface area (Å²) in [4.78, 5) is 4.49. The number of benzene rings is 6.